The number of aryl methyl sites for hydroxylation is 1. The second-order valence-electron chi connectivity index (χ2n) is 3.39. The molecule has 3 heteroatoms. The summed E-state index contributed by atoms with van der Waals surface area (Å²) in [7, 11) is 0. The Balaban J connectivity index is 2.31. The summed E-state index contributed by atoms with van der Waals surface area (Å²) in [5, 5.41) is 0. The van der Waals surface area contributed by atoms with E-state index in [1.165, 1.54) is 0 Å². The van der Waals surface area contributed by atoms with E-state index in [1.807, 2.05) is 26.0 Å². The Labute approximate surface area is 84.1 Å². The minimum Gasteiger partial charge on any atom is -0.463 e. The maximum Gasteiger partial charge on any atom is 0.306 e. The largest absolute Gasteiger partial charge is 0.463 e. The topological polar surface area (TPSA) is 39.2 Å². The van der Waals surface area contributed by atoms with Gasteiger partial charge >= 0.3 is 5.97 Å². The lowest BCUT2D eigenvalue weighted by Gasteiger charge is -2.07. The fourth-order valence-electron chi connectivity index (χ4n) is 1.12. The van der Waals surface area contributed by atoms with Gasteiger partial charge in [-0.2, -0.15) is 0 Å². The van der Waals surface area contributed by atoms with Crippen LogP contribution in [0.4, 0.5) is 0 Å². The zero-order chi connectivity index (χ0) is 10.4. The van der Waals surface area contributed by atoms with Crippen LogP contribution < -0.4 is 0 Å². The molecule has 0 aliphatic carbocycles. The molecule has 0 spiro atoms. The summed E-state index contributed by atoms with van der Waals surface area (Å²) in [4.78, 5) is 15.1. The Hall–Kier alpha value is -1.38. The Morgan fingerprint density at radius 3 is 2.64 bits per heavy atom. The molecule has 1 heterocycles. The third kappa shape index (κ3) is 4.03. The molecule has 0 aromatic carbocycles. The molecule has 76 valence electrons. The number of ether oxygens (including phenoxy) is 1. The molecule has 14 heavy (non-hydrogen) atoms. The molecule has 0 aliphatic heterocycles. The lowest BCUT2D eigenvalue weighted by molar-refractivity contribution is -0.147. The number of nitrogens with zero attached hydrogens (tertiary/aromatic N) is 1. The van der Waals surface area contributed by atoms with E-state index in [-0.39, 0.29) is 12.1 Å². The zero-order valence-electron chi connectivity index (χ0n) is 8.56. The Morgan fingerprint density at radius 1 is 1.43 bits per heavy atom. The normalized spacial score (nSPS) is 10.2. The maximum atomic E-state index is 11.2. The van der Waals surface area contributed by atoms with Gasteiger partial charge in [0.05, 0.1) is 6.10 Å². The van der Waals surface area contributed by atoms with Crippen LogP contribution >= 0.6 is 0 Å². The first-order valence-electron chi connectivity index (χ1n) is 4.77. The number of esters is 1. The van der Waals surface area contributed by atoms with Crippen molar-refractivity contribution in [2.75, 3.05) is 0 Å². The second-order valence-corrected chi connectivity index (χ2v) is 3.39. The molecule has 3 nitrogen and oxygen atoms in total. The van der Waals surface area contributed by atoms with E-state index >= 15 is 0 Å². The van der Waals surface area contributed by atoms with Crippen LogP contribution in [0.2, 0.25) is 0 Å². The van der Waals surface area contributed by atoms with Crippen LogP contribution in [0.1, 0.15) is 25.8 Å². The van der Waals surface area contributed by atoms with Crippen molar-refractivity contribution in [2.45, 2.75) is 32.8 Å². The number of hydrogen-bond donors (Lipinski definition) is 0. The zero-order valence-corrected chi connectivity index (χ0v) is 8.56. The van der Waals surface area contributed by atoms with Gasteiger partial charge < -0.3 is 4.74 Å². The molecule has 1 aromatic heterocycles. The highest BCUT2D eigenvalue weighted by molar-refractivity contribution is 5.69. The first-order chi connectivity index (χ1) is 6.68. The quantitative estimate of drug-likeness (QED) is 0.686. The minimum absolute atomic E-state index is 0.0278. The predicted octanol–water partition coefficient (Wildman–Crippen LogP) is 1.97. The summed E-state index contributed by atoms with van der Waals surface area (Å²) in [6.07, 6.45) is 4.57. The van der Waals surface area contributed by atoms with Crippen LogP contribution in [0.15, 0.2) is 24.5 Å². The van der Waals surface area contributed by atoms with Crippen molar-refractivity contribution in [3.8, 4) is 0 Å². The summed E-state index contributed by atoms with van der Waals surface area (Å²) < 4.78 is 5.02. The molecular weight excluding hydrogens is 178 g/mol. The van der Waals surface area contributed by atoms with E-state index < -0.39 is 0 Å². The number of rotatable bonds is 4. The van der Waals surface area contributed by atoms with Crippen molar-refractivity contribution in [1.82, 2.24) is 4.98 Å². The molecule has 0 bridgehead atoms. The SMILES string of the molecule is CC(C)OC(=O)CCc1ccncc1. The molecule has 0 N–H and O–H groups in total. The van der Waals surface area contributed by atoms with Crippen molar-refractivity contribution in [1.29, 1.82) is 0 Å². The fourth-order valence-corrected chi connectivity index (χ4v) is 1.12. The van der Waals surface area contributed by atoms with E-state index in [4.69, 9.17) is 4.74 Å². The fraction of sp³-hybridized carbons (Fsp3) is 0.455. The first-order valence-corrected chi connectivity index (χ1v) is 4.77. The predicted molar refractivity (Wildman–Crippen MR) is 53.8 cm³/mol. The monoisotopic (exact) mass is 193 g/mol. The standard InChI is InChI=1S/C11H15NO2/c1-9(2)14-11(13)4-3-10-5-7-12-8-6-10/h5-9H,3-4H2,1-2H3. The van der Waals surface area contributed by atoms with Gasteiger partial charge in [0.25, 0.3) is 0 Å². The Bertz CT molecular complexity index is 283. The minimum atomic E-state index is -0.142. The summed E-state index contributed by atoms with van der Waals surface area (Å²) in [5.74, 6) is -0.142. The lowest BCUT2D eigenvalue weighted by Crippen LogP contribution is -2.11. The number of pyridine rings is 1. The third-order valence-corrected chi connectivity index (χ3v) is 1.73. The summed E-state index contributed by atoms with van der Waals surface area (Å²) in [5.41, 5.74) is 1.11. The van der Waals surface area contributed by atoms with Gasteiger partial charge in [-0.25, -0.2) is 0 Å². The average molecular weight is 193 g/mol. The molecular formula is C11H15NO2. The van der Waals surface area contributed by atoms with Crippen LogP contribution in [0.25, 0.3) is 0 Å². The summed E-state index contributed by atoms with van der Waals surface area (Å²) in [6.45, 7) is 3.70. The molecule has 1 rings (SSSR count). The van der Waals surface area contributed by atoms with Crippen molar-refractivity contribution in [3.63, 3.8) is 0 Å². The highest BCUT2D eigenvalue weighted by Gasteiger charge is 2.05. The number of carbonyl (C=O) groups is 1. The van der Waals surface area contributed by atoms with Crippen molar-refractivity contribution >= 4 is 5.97 Å². The van der Waals surface area contributed by atoms with Crippen molar-refractivity contribution in [2.24, 2.45) is 0 Å². The van der Waals surface area contributed by atoms with Crippen LogP contribution in [0.5, 0.6) is 0 Å². The summed E-state index contributed by atoms with van der Waals surface area (Å²) in [6, 6.07) is 3.81. The van der Waals surface area contributed by atoms with Gasteiger partial charge in [-0.3, -0.25) is 9.78 Å². The highest BCUT2D eigenvalue weighted by Crippen LogP contribution is 2.02. The van der Waals surface area contributed by atoms with Gasteiger partial charge in [0.2, 0.25) is 0 Å². The number of hydrogen-bond acceptors (Lipinski definition) is 3. The molecule has 0 radical (unpaired) electrons. The smallest absolute Gasteiger partial charge is 0.306 e. The Morgan fingerprint density at radius 2 is 2.07 bits per heavy atom. The van der Waals surface area contributed by atoms with Crippen LogP contribution in [-0.2, 0) is 16.0 Å². The van der Waals surface area contributed by atoms with Gasteiger partial charge in [0, 0.05) is 18.8 Å². The van der Waals surface area contributed by atoms with Crippen molar-refractivity contribution in [3.05, 3.63) is 30.1 Å². The lowest BCUT2D eigenvalue weighted by atomic mass is 10.1. The number of aromatic nitrogens is 1. The first kappa shape index (κ1) is 10.7. The van der Waals surface area contributed by atoms with Gasteiger partial charge in [-0.05, 0) is 38.0 Å². The molecule has 0 amide bonds. The average Bonchev–Trinajstić information content (AvgIpc) is 2.15. The molecule has 0 aliphatic rings. The molecule has 0 fully saturated rings. The van der Waals surface area contributed by atoms with E-state index in [0.717, 1.165) is 5.56 Å². The Kier molecular flexibility index (Phi) is 4.11. The molecule has 0 saturated carbocycles. The van der Waals surface area contributed by atoms with Gasteiger partial charge in [0.15, 0.2) is 0 Å². The maximum absolute atomic E-state index is 11.2. The van der Waals surface area contributed by atoms with Crippen LogP contribution in [0, 0.1) is 0 Å². The van der Waals surface area contributed by atoms with Crippen molar-refractivity contribution < 1.29 is 9.53 Å². The van der Waals surface area contributed by atoms with Crippen LogP contribution in [-0.4, -0.2) is 17.1 Å². The van der Waals surface area contributed by atoms with Gasteiger partial charge in [-0.1, -0.05) is 0 Å². The van der Waals surface area contributed by atoms with E-state index in [1.54, 1.807) is 12.4 Å². The highest BCUT2D eigenvalue weighted by atomic mass is 16.5. The second kappa shape index (κ2) is 5.37. The van der Waals surface area contributed by atoms with E-state index in [0.29, 0.717) is 12.8 Å². The van der Waals surface area contributed by atoms with Gasteiger partial charge in [0.1, 0.15) is 0 Å². The van der Waals surface area contributed by atoms with E-state index in [9.17, 15) is 4.79 Å². The number of carbonyl (C=O) groups excluding carboxylic acids is 1. The molecule has 1 aromatic rings. The van der Waals surface area contributed by atoms with Crippen LogP contribution in [0.3, 0.4) is 0 Å². The van der Waals surface area contributed by atoms with E-state index in [2.05, 4.69) is 4.98 Å². The third-order valence-electron chi connectivity index (χ3n) is 1.73. The molecule has 0 unspecified atom stereocenters. The molecule has 0 saturated heterocycles. The van der Waals surface area contributed by atoms with Gasteiger partial charge in [-0.15, -0.1) is 0 Å². The molecule has 0 atom stereocenters. The summed E-state index contributed by atoms with van der Waals surface area (Å²) >= 11 is 0.